The molecule has 4 rings (SSSR count). The van der Waals surface area contributed by atoms with Crippen LogP contribution in [0.25, 0.3) is 0 Å². The van der Waals surface area contributed by atoms with Crippen LogP contribution in [0, 0.1) is 6.92 Å². The second-order valence-corrected chi connectivity index (χ2v) is 8.78. The van der Waals surface area contributed by atoms with Crippen LogP contribution in [0.1, 0.15) is 32.7 Å². The van der Waals surface area contributed by atoms with Gasteiger partial charge in [-0.3, -0.25) is 9.59 Å². The highest BCUT2D eigenvalue weighted by molar-refractivity contribution is 9.10. The van der Waals surface area contributed by atoms with Gasteiger partial charge in [0.25, 0.3) is 11.8 Å². The van der Waals surface area contributed by atoms with Crippen LogP contribution >= 0.6 is 15.9 Å². The molecule has 2 amide bonds. The van der Waals surface area contributed by atoms with Gasteiger partial charge >= 0.3 is 0 Å². The van der Waals surface area contributed by atoms with Crippen molar-refractivity contribution < 1.29 is 9.59 Å². The van der Waals surface area contributed by atoms with Gasteiger partial charge in [-0.25, -0.2) is 4.98 Å². The monoisotopic (exact) mass is 492 g/mol. The average Bonchev–Trinajstić information content (AvgIpc) is 3.06. The summed E-state index contributed by atoms with van der Waals surface area (Å²) < 4.78 is 0.959. The van der Waals surface area contributed by atoms with Gasteiger partial charge in [0.05, 0.1) is 11.9 Å². The van der Waals surface area contributed by atoms with Crippen LogP contribution in [0.15, 0.2) is 71.3 Å². The van der Waals surface area contributed by atoms with Crippen LogP contribution < -0.4 is 10.2 Å². The molecule has 0 atom stereocenters. The number of anilines is 2. The fourth-order valence-corrected chi connectivity index (χ4v) is 3.94. The van der Waals surface area contributed by atoms with E-state index in [1.807, 2.05) is 72.5 Å². The van der Waals surface area contributed by atoms with Crippen molar-refractivity contribution in [3.8, 4) is 0 Å². The lowest BCUT2D eigenvalue weighted by molar-refractivity contribution is 0.0767. The number of aromatic nitrogens is 1. The predicted molar refractivity (Wildman–Crippen MR) is 130 cm³/mol. The summed E-state index contributed by atoms with van der Waals surface area (Å²) in [6, 6.07) is 18.7. The minimum Gasteiger partial charge on any atom is -0.355 e. The van der Waals surface area contributed by atoms with Crippen molar-refractivity contribution in [2.24, 2.45) is 0 Å². The highest BCUT2D eigenvalue weighted by atomic mass is 79.9. The Bertz CT molecular complexity index is 1080. The smallest absolute Gasteiger partial charge is 0.255 e. The Morgan fingerprint density at radius 3 is 2.28 bits per heavy atom. The molecular weight excluding hydrogens is 468 g/mol. The third-order valence-electron chi connectivity index (χ3n) is 5.52. The number of nitrogens with zero attached hydrogens (tertiary/aromatic N) is 3. The van der Waals surface area contributed by atoms with Gasteiger partial charge in [-0.2, -0.15) is 0 Å². The number of pyridine rings is 1. The van der Waals surface area contributed by atoms with Gasteiger partial charge < -0.3 is 15.1 Å². The molecule has 1 N–H and O–H groups in total. The normalized spacial score (nSPS) is 14.1. The number of rotatable bonds is 4. The van der Waals surface area contributed by atoms with Gasteiger partial charge in [0.2, 0.25) is 0 Å². The third kappa shape index (κ3) is 5.34. The lowest BCUT2D eigenvalue weighted by atomic mass is 10.1. The van der Waals surface area contributed by atoms with E-state index in [1.165, 1.54) is 0 Å². The van der Waals surface area contributed by atoms with E-state index in [-0.39, 0.29) is 11.8 Å². The maximum Gasteiger partial charge on any atom is 0.255 e. The molecule has 1 saturated heterocycles. The number of aryl methyl sites for hydroxylation is 1. The summed E-state index contributed by atoms with van der Waals surface area (Å²) in [6.07, 6.45) is 2.55. The number of halogens is 1. The Labute approximate surface area is 196 Å². The Kier molecular flexibility index (Phi) is 6.85. The molecule has 0 radical (unpaired) electrons. The zero-order valence-corrected chi connectivity index (χ0v) is 19.5. The zero-order chi connectivity index (χ0) is 22.5. The summed E-state index contributed by atoms with van der Waals surface area (Å²) in [7, 11) is 0. The highest BCUT2D eigenvalue weighted by Gasteiger charge is 2.21. The minimum absolute atomic E-state index is 0.0569. The summed E-state index contributed by atoms with van der Waals surface area (Å²) in [5, 5.41) is 2.89. The fourth-order valence-electron chi connectivity index (χ4n) is 3.68. The number of hydrogen-bond donors (Lipinski definition) is 1. The van der Waals surface area contributed by atoms with E-state index in [4.69, 9.17) is 0 Å². The van der Waals surface area contributed by atoms with E-state index in [1.54, 1.807) is 6.20 Å². The van der Waals surface area contributed by atoms with Crippen molar-refractivity contribution in [2.45, 2.75) is 13.3 Å². The first kappa shape index (κ1) is 22.0. The van der Waals surface area contributed by atoms with Crippen LogP contribution in [0.5, 0.6) is 0 Å². The zero-order valence-electron chi connectivity index (χ0n) is 17.9. The molecule has 164 valence electrons. The van der Waals surface area contributed by atoms with Gasteiger partial charge in [-0.15, -0.1) is 0 Å². The van der Waals surface area contributed by atoms with Crippen molar-refractivity contribution in [3.63, 3.8) is 0 Å². The number of carbonyl (C=O) groups excluding carboxylic acids is 2. The lowest BCUT2D eigenvalue weighted by Gasteiger charge is -2.23. The molecule has 7 heteroatoms. The second-order valence-electron chi connectivity index (χ2n) is 7.86. The molecule has 0 spiro atoms. The van der Waals surface area contributed by atoms with E-state index in [2.05, 4.69) is 31.1 Å². The summed E-state index contributed by atoms with van der Waals surface area (Å²) in [4.78, 5) is 33.9. The predicted octanol–water partition coefficient (Wildman–Crippen LogP) is 4.76. The number of nitrogens with one attached hydrogen (secondary N) is 1. The molecule has 1 aromatic heterocycles. The molecule has 1 fully saturated rings. The van der Waals surface area contributed by atoms with Crippen LogP contribution in [-0.2, 0) is 0 Å². The van der Waals surface area contributed by atoms with Gasteiger partial charge in [0.15, 0.2) is 0 Å². The first-order valence-corrected chi connectivity index (χ1v) is 11.4. The quantitative estimate of drug-likeness (QED) is 0.570. The fraction of sp³-hybridized carbons (Fsp3) is 0.240. The maximum atomic E-state index is 12.8. The first-order valence-electron chi connectivity index (χ1n) is 10.6. The SMILES string of the molecule is Cc1ccc(C(=O)Nc2ccc(N3CCCN(C(=O)c4ccc(Br)cc4)CC3)nc2)cc1. The molecule has 6 nitrogen and oxygen atoms in total. The highest BCUT2D eigenvalue weighted by Crippen LogP contribution is 2.19. The third-order valence-corrected chi connectivity index (χ3v) is 6.05. The van der Waals surface area contributed by atoms with Crippen LogP contribution in [0.4, 0.5) is 11.5 Å². The van der Waals surface area contributed by atoms with Crippen LogP contribution in [-0.4, -0.2) is 47.9 Å². The summed E-state index contributed by atoms with van der Waals surface area (Å²) in [5.74, 6) is 0.745. The summed E-state index contributed by atoms with van der Waals surface area (Å²) in [6.45, 7) is 4.89. The summed E-state index contributed by atoms with van der Waals surface area (Å²) >= 11 is 3.41. The Hall–Kier alpha value is -3.19. The van der Waals surface area contributed by atoms with Crippen molar-refractivity contribution >= 4 is 39.2 Å². The molecule has 0 unspecified atom stereocenters. The van der Waals surface area contributed by atoms with E-state index < -0.39 is 0 Å². The Balaban J connectivity index is 1.36. The van der Waals surface area contributed by atoms with Crippen LogP contribution in [0.2, 0.25) is 0 Å². The number of benzene rings is 2. The lowest BCUT2D eigenvalue weighted by Crippen LogP contribution is -2.35. The standard InChI is InChI=1S/C25H25BrN4O2/c1-18-3-5-19(6-4-18)24(31)28-22-11-12-23(27-17-22)29-13-2-14-30(16-15-29)25(32)20-7-9-21(26)10-8-20/h3-12,17H,2,13-16H2,1H3,(H,28,31). The molecule has 3 aromatic rings. The van der Waals surface area contributed by atoms with E-state index in [9.17, 15) is 9.59 Å². The molecule has 1 aliphatic heterocycles. The molecule has 2 aromatic carbocycles. The molecule has 1 aliphatic rings. The van der Waals surface area contributed by atoms with Gasteiger partial charge in [-0.1, -0.05) is 33.6 Å². The van der Waals surface area contributed by atoms with E-state index in [0.717, 1.165) is 35.4 Å². The molecule has 2 heterocycles. The maximum absolute atomic E-state index is 12.8. The number of hydrogen-bond acceptors (Lipinski definition) is 4. The Morgan fingerprint density at radius 2 is 1.59 bits per heavy atom. The molecule has 0 bridgehead atoms. The van der Waals surface area contributed by atoms with Crippen molar-refractivity contribution in [3.05, 3.63) is 88.0 Å². The number of carbonyl (C=O) groups is 2. The van der Waals surface area contributed by atoms with Crippen molar-refractivity contribution in [1.29, 1.82) is 0 Å². The topological polar surface area (TPSA) is 65.5 Å². The molecule has 0 aliphatic carbocycles. The second kappa shape index (κ2) is 9.96. The van der Waals surface area contributed by atoms with Crippen molar-refractivity contribution in [1.82, 2.24) is 9.88 Å². The minimum atomic E-state index is -0.156. The largest absolute Gasteiger partial charge is 0.355 e. The summed E-state index contributed by atoms with van der Waals surface area (Å²) in [5.41, 5.74) is 3.08. The first-order chi connectivity index (χ1) is 15.5. The van der Waals surface area contributed by atoms with E-state index >= 15 is 0 Å². The van der Waals surface area contributed by atoms with Gasteiger partial charge in [0.1, 0.15) is 5.82 Å². The molecule has 0 saturated carbocycles. The molecular formula is C25H25BrN4O2. The Morgan fingerprint density at radius 1 is 0.875 bits per heavy atom. The van der Waals surface area contributed by atoms with Gasteiger partial charge in [-0.05, 0) is 61.9 Å². The van der Waals surface area contributed by atoms with Gasteiger partial charge in [0, 0.05) is 41.8 Å². The van der Waals surface area contributed by atoms with E-state index in [0.29, 0.717) is 29.9 Å². The molecule has 32 heavy (non-hydrogen) atoms. The number of amides is 2. The van der Waals surface area contributed by atoms with Crippen molar-refractivity contribution in [2.75, 3.05) is 36.4 Å². The average molecular weight is 493 g/mol. The van der Waals surface area contributed by atoms with Crippen LogP contribution in [0.3, 0.4) is 0 Å².